The molecule has 6 nitrogen and oxygen atoms in total. The third-order valence-corrected chi connectivity index (χ3v) is 3.07. The minimum atomic E-state index is -0.0326. The lowest BCUT2D eigenvalue weighted by Crippen LogP contribution is -2.41. The summed E-state index contributed by atoms with van der Waals surface area (Å²) in [5.74, 6) is 1.57. The lowest BCUT2D eigenvalue weighted by Gasteiger charge is -2.13. The standard InChI is InChI=1S/C17H28N4O2.HI/c1-5-18-17(20-10-9-19-14(4)22)21-12-15-8-7-13(3)11-16(15)23-6-2;/h7-8,11H,5-6,9-10,12H2,1-4H3,(H,19,22)(H2,18,20,21);1H. The van der Waals surface area contributed by atoms with Crippen LogP contribution in [0.2, 0.25) is 0 Å². The van der Waals surface area contributed by atoms with Gasteiger partial charge in [0.05, 0.1) is 13.2 Å². The Morgan fingerprint density at radius 1 is 1.17 bits per heavy atom. The fraction of sp³-hybridized carbons (Fsp3) is 0.529. The van der Waals surface area contributed by atoms with Crippen molar-refractivity contribution in [3.63, 3.8) is 0 Å². The molecular formula is C17H29IN4O2. The number of guanidine groups is 1. The molecule has 0 saturated carbocycles. The second-order valence-electron chi connectivity index (χ2n) is 5.15. The van der Waals surface area contributed by atoms with Crippen molar-refractivity contribution in [2.75, 3.05) is 26.2 Å². The molecule has 1 rings (SSSR count). The van der Waals surface area contributed by atoms with Gasteiger partial charge in [-0.1, -0.05) is 12.1 Å². The molecule has 136 valence electrons. The van der Waals surface area contributed by atoms with Crippen LogP contribution >= 0.6 is 24.0 Å². The third-order valence-electron chi connectivity index (χ3n) is 3.07. The van der Waals surface area contributed by atoms with Gasteiger partial charge in [0.2, 0.25) is 5.91 Å². The van der Waals surface area contributed by atoms with E-state index in [1.54, 1.807) is 0 Å². The average molecular weight is 448 g/mol. The van der Waals surface area contributed by atoms with Gasteiger partial charge in [0, 0.05) is 32.1 Å². The monoisotopic (exact) mass is 448 g/mol. The zero-order chi connectivity index (χ0) is 17.1. The van der Waals surface area contributed by atoms with Crippen LogP contribution in [0.4, 0.5) is 0 Å². The number of rotatable bonds is 8. The Morgan fingerprint density at radius 3 is 2.50 bits per heavy atom. The van der Waals surface area contributed by atoms with Gasteiger partial charge in [0.1, 0.15) is 5.75 Å². The second-order valence-corrected chi connectivity index (χ2v) is 5.15. The van der Waals surface area contributed by atoms with Crippen LogP contribution in [0.15, 0.2) is 23.2 Å². The highest BCUT2D eigenvalue weighted by Crippen LogP contribution is 2.21. The number of carbonyl (C=O) groups excluding carboxylic acids is 1. The molecule has 0 heterocycles. The Balaban J connectivity index is 0.00000529. The van der Waals surface area contributed by atoms with Gasteiger partial charge in [-0.05, 0) is 32.4 Å². The van der Waals surface area contributed by atoms with E-state index in [9.17, 15) is 4.79 Å². The molecule has 1 aromatic carbocycles. The van der Waals surface area contributed by atoms with Gasteiger partial charge < -0.3 is 20.7 Å². The number of ether oxygens (including phenoxy) is 1. The van der Waals surface area contributed by atoms with E-state index < -0.39 is 0 Å². The SMILES string of the molecule is CCNC(=NCc1ccc(C)cc1OCC)NCCNC(C)=O.I. The van der Waals surface area contributed by atoms with Crippen molar-refractivity contribution in [3.05, 3.63) is 29.3 Å². The van der Waals surface area contributed by atoms with Gasteiger partial charge in [0.15, 0.2) is 5.96 Å². The molecule has 0 aliphatic rings. The van der Waals surface area contributed by atoms with Crippen LogP contribution in [0.1, 0.15) is 31.9 Å². The van der Waals surface area contributed by atoms with Crippen molar-refractivity contribution in [1.29, 1.82) is 0 Å². The van der Waals surface area contributed by atoms with E-state index in [0.717, 1.165) is 23.8 Å². The summed E-state index contributed by atoms with van der Waals surface area (Å²) in [7, 11) is 0. The molecule has 0 unspecified atom stereocenters. The molecule has 0 saturated heterocycles. The van der Waals surface area contributed by atoms with Crippen LogP contribution in [-0.4, -0.2) is 38.1 Å². The summed E-state index contributed by atoms with van der Waals surface area (Å²) in [6, 6.07) is 6.14. The first-order valence-electron chi connectivity index (χ1n) is 8.05. The molecule has 0 radical (unpaired) electrons. The molecule has 0 aromatic heterocycles. The Hall–Kier alpha value is -1.51. The van der Waals surface area contributed by atoms with E-state index in [0.29, 0.717) is 26.2 Å². The normalized spacial score (nSPS) is 10.6. The summed E-state index contributed by atoms with van der Waals surface area (Å²) in [6.07, 6.45) is 0. The first-order chi connectivity index (χ1) is 11.1. The number of halogens is 1. The second kappa shape index (κ2) is 12.9. The fourth-order valence-corrected chi connectivity index (χ4v) is 2.01. The first-order valence-corrected chi connectivity index (χ1v) is 8.05. The maximum Gasteiger partial charge on any atom is 0.216 e. The summed E-state index contributed by atoms with van der Waals surface area (Å²) in [5.41, 5.74) is 2.22. The van der Waals surface area contributed by atoms with Crippen molar-refractivity contribution in [3.8, 4) is 5.75 Å². The Kier molecular flexibility index (Phi) is 12.0. The zero-order valence-electron chi connectivity index (χ0n) is 14.9. The van der Waals surface area contributed by atoms with Crippen LogP contribution < -0.4 is 20.7 Å². The van der Waals surface area contributed by atoms with E-state index in [2.05, 4.69) is 27.0 Å². The lowest BCUT2D eigenvalue weighted by atomic mass is 10.1. The van der Waals surface area contributed by atoms with Gasteiger partial charge in [-0.3, -0.25) is 4.79 Å². The smallest absolute Gasteiger partial charge is 0.216 e. The van der Waals surface area contributed by atoms with Gasteiger partial charge >= 0.3 is 0 Å². The third kappa shape index (κ3) is 8.95. The number of nitrogens with one attached hydrogen (secondary N) is 3. The highest BCUT2D eigenvalue weighted by atomic mass is 127. The number of amides is 1. The predicted octanol–water partition coefficient (Wildman–Crippen LogP) is 2.20. The highest BCUT2D eigenvalue weighted by Gasteiger charge is 2.04. The van der Waals surface area contributed by atoms with E-state index in [1.807, 2.05) is 32.9 Å². The summed E-state index contributed by atoms with van der Waals surface area (Å²) in [6.45, 7) is 10.7. The van der Waals surface area contributed by atoms with Crippen LogP contribution in [0.5, 0.6) is 5.75 Å². The van der Waals surface area contributed by atoms with Gasteiger partial charge in [0.25, 0.3) is 0 Å². The molecule has 24 heavy (non-hydrogen) atoms. The average Bonchev–Trinajstić information content (AvgIpc) is 2.50. The molecule has 1 amide bonds. The van der Waals surface area contributed by atoms with Gasteiger partial charge in [-0.15, -0.1) is 24.0 Å². The van der Waals surface area contributed by atoms with Crippen molar-refractivity contribution < 1.29 is 9.53 Å². The van der Waals surface area contributed by atoms with Crippen LogP contribution in [-0.2, 0) is 11.3 Å². The van der Waals surface area contributed by atoms with E-state index in [4.69, 9.17) is 4.74 Å². The molecule has 7 heteroatoms. The number of hydrogen-bond donors (Lipinski definition) is 3. The zero-order valence-corrected chi connectivity index (χ0v) is 17.3. The maximum atomic E-state index is 10.9. The summed E-state index contributed by atoms with van der Waals surface area (Å²) < 4.78 is 5.68. The van der Waals surface area contributed by atoms with Crippen LogP contribution in [0.25, 0.3) is 0 Å². The number of hydrogen-bond acceptors (Lipinski definition) is 3. The molecular weight excluding hydrogens is 419 g/mol. The van der Waals surface area contributed by atoms with Crippen molar-refractivity contribution in [2.24, 2.45) is 4.99 Å². The van der Waals surface area contributed by atoms with Crippen molar-refractivity contribution in [1.82, 2.24) is 16.0 Å². The number of benzene rings is 1. The molecule has 0 fully saturated rings. The maximum absolute atomic E-state index is 10.9. The topological polar surface area (TPSA) is 74.8 Å². The summed E-state index contributed by atoms with van der Waals surface area (Å²) >= 11 is 0. The quantitative estimate of drug-likeness (QED) is 0.247. The molecule has 0 aliphatic carbocycles. The Labute approximate surface area is 161 Å². The Morgan fingerprint density at radius 2 is 1.88 bits per heavy atom. The lowest BCUT2D eigenvalue weighted by molar-refractivity contribution is -0.118. The van der Waals surface area contributed by atoms with Crippen LogP contribution in [0, 0.1) is 6.92 Å². The van der Waals surface area contributed by atoms with Gasteiger partial charge in [-0.25, -0.2) is 4.99 Å². The number of aliphatic imine (C=N–C) groups is 1. The van der Waals surface area contributed by atoms with Crippen molar-refractivity contribution >= 4 is 35.8 Å². The molecule has 0 atom stereocenters. The van der Waals surface area contributed by atoms with Crippen LogP contribution in [0.3, 0.4) is 0 Å². The summed E-state index contributed by atoms with van der Waals surface area (Å²) in [4.78, 5) is 15.4. The molecule has 1 aromatic rings. The molecule has 0 spiro atoms. The largest absolute Gasteiger partial charge is 0.494 e. The van der Waals surface area contributed by atoms with Crippen molar-refractivity contribution in [2.45, 2.75) is 34.2 Å². The van der Waals surface area contributed by atoms with Gasteiger partial charge in [-0.2, -0.15) is 0 Å². The number of aryl methyl sites for hydroxylation is 1. The van der Waals surface area contributed by atoms with E-state index in [-0.39, 0.29) is 29.9 Å². The summed E-state index contributed by atoms with van der Waals surface area (Å²) in [5, 5.41) is 9.13. The van der Waals surface area contributed by atoms with E-state index >= 15 is 0 Å². The number of nitrogens with zero attached hydrogens (tertiary/aromatic N) is 1. The fourth-order valence-electron chi connectivity index (χ4n) is 2.01. The molecule has 0 aliphatic heterocycles. The highest BCUT2D eigenvalue weighted by molar-refractivity contribution is 14.0. The first kappa shape index (κ1) is 22.5. The molecule has 3 N–H and O–H groups in total. The Bertz CT molecular complexity index is 535. The molecule has 0 bridgehead atoms. The predicted molar refractivity (Wildman–Crippen MR) is 109 cm³/mol. The van der Waals surface area contributed by atoms with E-state index in [1.165, 1.54) is 12.5 Å². The minimum Gasteiger partial charge on any atom is -0.494 e. The number of carbonyl (C=O) groups is 1. The minimum absolute atomic E-state index is 0.